The summed E-state index contributed by atoms with van der Waals surface area (Å²) < 4.78 is 34.6. The standard InChI is InChI=1S/C39H38N2O11/c1-39(2,3)52-38(46)40-25-11-13-26(14-12-25)41-33(37(45)50-7)32(24-18-30(47-4)34(49-6)31(19-24)48-5)28-16-15-27(20-29(28)35(41)42)51-21-22-9-8-10-23(17-22)36(43)44/h8-20H,21H2,1-7H3,(H,40,46)(H,43,44). The number of rotatable bonds is 11. The number of hydrogen-bond acceptors (Lipinski definition) is 10. The third-order valence-corrected chi connectivity index (χ3v) is 7.84. The summed E-state index contributed by atoms with van der Waals surface area (Å²) in [5.41, 5.74) is 0.766. The van der Waals surface area contributed by atoms with E-state index >= 15 is 0 Å². The van der Waals surface area contributed by atoms with Gasteiger partial charge in [0.2, 0.25) is 5.75 Å². The maximum absolute atomic E-state index is 14.5. The third kappa shape index (κ3) is 7.78. The molecular weight excluding hydrogens is 672 g/mol. The SMILES string of the molecule is COC(=O)c1c(-c2cc(OC)c(OC)c(OC)c2)c2ccc(OCc3cccc(C(=O)O)c3)cc2c(=O)n1-c1ccc(NC(=O)OC(C)(C)C)cc1. The highest BCUT2D eigenvalue weighted by Crippen LogP contribution is 2.44. The first-order valence-corrected chi connectivity index (χ1v) is 16.0. The number of carboxylic acid groups (broad SMARTS) is 1. The number of pyridine rings is 1. The second-order valence-electron chi connectivity index (χ2n) is 12.4. The van der Waals surface area contributed by atoms with Crippen LogP contribution in [0.5, 0.6) is 23.0 Å². The van der Waals surface area contributed by atoms with Crippen LogP contribution in [0.4, 0.5) is 10.5 Å². The number of hydrogen-bond donors (Lipinski definition) is 2. The number of anilines is 1. The number of aromatic carboxylic acids is 1. The Morgan fingerprint density at radius 2 is 1.48 bits per heavy atom. The fourth-order valence-electron chi connectivity index (χ4n) is 5.60. The Bertz CT molecular complexity index is 2190. The van der Waals surface area contributed by atoms with Gasteiger partial charge < -0.3 is 33.5 Å². The highest BCUT2D eigenvalue weighted by atomic mass is 16.6. The van der Waals surface area contributed by atoms with E-state index in [4.69, 9.17) is 28.4 Å². The van der Waals surface area contributed by atoms with Crippen LogP contribution in [-0.4, -0.2) is 61.7 Å². The first-order valence-electron chi connectivity index (χ1n) is 16.0. The number of amides is 1. The quantitative estimate of drug-likeness (QED) is 0.135. The minimum atomic E-state index is -1.07. The summed E-state index contributed by atoms with van der Waals surface area (Å²) in [7, 11) is 5.61. The molecule has 0 saturated heterocycles. The van der Waals surface area contributed by atoms with E-state index in [9.17, 15) is 24.3 Å². The van der Waals surface area contributed by atoms with E-state index < -0.39 is 29.2 Å². The predicted molar refractivity (Wildman–Crippen MR) is 194 cm³/mol. The van der Waals surface area contributed by atoms with Crippen molar-refractivity contribution in [2.24, 2.45) is 0 Å². The van der Waals surface area contributed by atoms with E-state index in [1.165, 1.54) is 45.1 Å². The summed E-state index contributed by atoms with van der Waals surface area (Å²) >= 11 is 0. The van der Waals surface area contributed by atoms with Crippen molar-refractivity contribution >= 4 is 34.5 Å². The number of fused-ring (bicyclic) bond motifs is 1. The lowest BCUT2D eigenvalue weighted by Gasteiger charge is -2.21. The normalized spacial score (nSPS) is 11.1. The summed E-state index contributed by atoms with van der Waals surface area (Å²) in [4.78, 5) is 52.2. The molecule has 1 amide bonds. The smallest absolute Gasteiger partial charge is 0.412 e. The van der Waals surface area contributed by atoms with Gasteiger partial charge in [0.1, 0.15) is 23.7 Å². The number of nitrogens with one attached hydrogen (secondary N) is 1. The van der Waals surface area contributed by atoms with Crippen molar-refractivity contribution < 1.29 is 47.9 Å². The van der Waals surface area contributed by atoms with E-state index in [1.54, 1.807) is 87.5 Å². The lowest BCUT2D eigenvalue weighted by molar-refractivity contribution is 0.0589. The van der Waals surface area contributed by atoms with Gasteiger partial charge in [-0.1, -0.05) is 12.1 Å². The van der Waals surface area contributed by atoms with Gasteiger partial charge in [0.05, 0.1) is 39.4 Å². The third-order valence-electron chi connectivity index (χ3n) is 7.84. The molecule has 1 heterocycles. The second kappa shape index (κ2) is 15.2. The highest BCUT2D eigenvalue weighted by Gasteiger charge is 2.27. The summed E-state index contributed by atoms with van der Waals surface area (Å²) in [6.45, 7) is 5.26. The fourth-order valence-corrected chi connectivity index (χ4v) is 5.60. The zero-order valence-corrected chi connectivity index (χ0v) is 29.7. The van der Waals surface area contributed by atoms with Crippen LogP contribution in [0.15, 0.2) is 83.7 Å². The van der Waals surface area contributed by atoms with Gasteiger partial charge in [0, 0.05) is 16.9 Å². The number of carbonyl (C=O) groups excluding carboxylic acids is 2. The first-order chi connectivity index (χ1) is 24.8. The number of methoxy groups -OCH3 is 4. The second-order valence-corrected chi connectivity index (χ2v) is 12.4. The van der Waals surface area contributed by atoms with Crippen molar-refractivity contribution in [3.05, 3.63) is 106 Å². The maximum Gasteiger partial charge on any atom is 0.412 e. The van der Waals surface area contributed by atoms with Crippen LogP contribution >= 0.6 is 0 Å². The van der Waals surface area contributed by atoms with Crippen LogP contribution < -0.4 is 29.8 Å². The number of aromatic nitrogens is 1. The van der Waals surface area contributed by atoms with Gasteiger partial charge in [0.25, 0.3) is 5.56 Å². The number of esters is 1. The van der Waals surface area contributed by atoms with E-state index in [2.05, 4.69) is 5.32 Å². The molecule has 0 aliphatic carbocycles. The molecule has 0 aliphatic heterocycles. The molecule has 5 aromatic rings. The molecule has 5 rings (SSSR count). The molecule has 0 bridgehead atoms. The largest absolute Gasteiger partial charge is 0.493 e. The Balaban J connectivity index is 1.74. The summed E-state index contributed by atoms with van der Waals surface area (Å²) in [5, 5.41) is 12.6. The number of carboxylic acids is 1. The lowest BCUT2D eigenvalue weighted by atomic mass is 9.95. The van der Waals surface area contributed by atoms with Gasteiger partial charge in [-0.05, 0) is 104 Å². The number of benzene rings is 4. The van der Waals surface area contributed by atoms with Crippen LogP contribution in [0.1, 0.15) is 47.2 Å². The molecule has 4 aromatic carbocycles. The van der Waals surface area contributed by atoms with Gasteiger partial charge in [-0.3, -0.25) is 14.7 Å². The first kappa shape index (κ1) is 36.8. The number of carbonyl (C=O) groups is 3. The zero-order valence-electron chi connectivity index (χ0n) is 29.7. The Hall–Kier alpha value is -6.50. The average Bonchev–Trinajstić information content (AvgIpc) is 3.12. The van der Waals surface area contributed by atoms with E-state index in [1.807, 2.05) is 0 Å². The Kier molecular flexibility index (Phi) is 10.7. The minimum Gasteiger partial charge on any atom is -0.493 e. The molecule has 0 saturated carbocycles. The minimum absolute atomic E-state index is 0.0207. The van der Waals surface area contributed by atoms with Crippen molar-refractivity contribution in [3.63, 3.8) is 0 Å². The number of nitrogens with zero attached hydrogens (tertiary/aromatic N) is 1. The van der Waals surface area contributed by atoms with Gasteiger partial charge in [-0.15, -0.1) is 0 Å². The molecule has 0 spiro atoms. The zero-order chi connectivity index (χ0) is 37.7. The Morgan fingerprint density at radius 1 is 0.808 bits per heavy atom. The molecule has 13 nitrogen and oxygen atoms in total. The Labute approximate surface area is 299 Å². The molecule has 13 heteroatoms. The van der Waals surface area contributed by atoms with Crippen LogP contribution in [0.3, 0.4) is 0 Å². The predicted octanol–water partition coefficient (Wildman–Crippen LogP) is 7.09. The Morgan fingerprint density at radius 3 is 2.06 bits per heavy atom. The van der Waals surface area contributed by atoms with E-state index in [-0.39, 0.29) is 28.9 Å². The molecule has 0 unspecified atom stereocenters. The van der Waals surface area contributed by atoms with E-state index in [0.717, 1.165) is 0 Å². The summed E-state index contributed by atoms with van der Waals surface area (Å²) in [5.74, 6) is -0.628. The topological polar surface area (TPSA) is 161 Å². The molecule has 0 atom stereocenters. The molecule has 1 aromatic heterocycles. The van der Waals surface area contributed by atoms with Crippen molar-refractivity contribution in [3.8, 4) is 39.8 Å². The van der Waals surface area contributed by atoms with Crippen molar-refractivity contribution in [2.75, 3.05) is 33.8 Å². The van der Waals surface area contributed by atoms with Gasteiger partial charge in [0.15, 0.2) is 11.5 Å². The van der Waals surface area contributed by atoms with E-state index in [0.29, 0.717) is 50.8 Å². The molecule has 2 N–H and O–H groups in total. The molecular formula is C39H38N2O11. The van der Waals surface area contributed by atoms with Crippen molar-refractivity contribution in [1.82, 2.24) is 4.57 Å². The van der Waals surface area contributed by atoms with Crippen LogP contribution in [0, 0.1) is 0 Å². The molecule has 270 valence electrons. The van der Waals surface area contributed by atoms with Gasteiger partial charge in [-0.25, -0.2) is 14.4 Å². The maximum atomic E-state index is 14.5. The van der Waals surface area contributed by atoms with Crippen LogP contribution in [0.2, 0.25) is 0 Å². The molecule has 0 fully saturated rings. The lowest BCUT2D eigenvalue weighted by Crippen LogP contribution is -2.27. The molecule has 0 radical (unpaired) electrons. The van der Waals surface area contributed by atoms with Gasteiger partial charge >= 0.3 is 18.0 Å². The van der Waals surface area contributed by atoms with Crippen molar-refractivity contribution in [1.29, 1.82) is 0 Å². The van der Waals surface area contributed by atoms with Gasteiger partial charge in [-0.2, -0.15) is 0 Å². The highest BCUT2D eigenvalue weighted by molar-refractivity contribution is 6.08. The summed E-state index contributed by atoms with van der Waals surface area (Å²) in [6.07, 6.45) is -0.662. The van der Waals surface area contributed by atoms with Crippen LogP contribution in [0.25, 0.3) is 27.6 Å². The molecule has 52 heavy (non-hydrogen) atoms. The fraction of sp³-hybridized carbons (Fsp3) is 0.231. The summed E-state index contributed by atoms with van der Waals surface area (Å²) in [6, 6.07) is 20.8. The van der Waals surface area contributed by atoms with Crippen LogP contribution in [-0.2, 0) is 16.1 Å². The average molecular weight is 711 g/mol. The number of ether oxygens (including phenoxy) is 6. The molecule has 0 aliphatic rings. The van der Waals surface area contributed by atoms with Crippen molar-refractivity contribution in [2.45, 2.75) is 33.0 Å². The monoisotopic (exact) mass is 710 g/mol.